The van der Waals surface area contributed by atoms with Crippen LogP contribution in [0, 0.1) is 0 Å². The molecule has 2 rings (SSSR count). The summed E-state index contributed by atoms with van der Waals surface area (Å²) < 4.78 is 0. The molecule has 2 saturated heterocycles. The molecule has 0 bridgehead atoms. The standard InChI is InChI=1S/C7H14N2O/c1-9-5-7(10-9)6-3-2-4-8-6/h6-8H,2-5H2,1H3. The van der Waals surface area contributed by atoms with Crippen molar-refractivity contribution in [3.63, 3.8) is 0 Å². The van der Waals surface area contributed by atoms with Crippen LogP contribution in [-0.4, -0.2) is 37.3 Å². The van der Waals surface area contributed by atoms with Gasteiger partial charge in [0.1, 0.15) is 6.10 Å². The van der Waals surface area contributed by atoms with Gasteiger partial charge in [-0.05, 0) is 19.4 Å². The molecular weight excluding hydrogens is 128 g/mol. The van der Waals surface area contributed by atoms with E-state index in [4.69, 9.17) is 4.84 Å². The summed E-state index contributed by atoms with van der Waals surface area (Å²) in [4.78, 5) is 5.39. The van der Waals surface area contributed by atoms with Crippen LogP contribution in [-0.2, 0) is 4.84 Å². The Morgan fingerprint density at radius 1 is 1.60 bits per heavy atom. The molecule has 0 aliphatic carbocycles. The Balaban J connectivity index is 1.78. The second kappa shape index (κ2) is 2.49. The van der Waals surface area contributed by atoms with Crippen LogP contribution in [0.1, 0.15) is 12.8 Å². The number of hydrogen-bond donors (Lipinski definition) is 1. The SMILES string of the molecule is CN1CC(C2CCCN2)O1. The summed E-state index contributed by atoms with van der Waals surface area (Å²) in [5, 5.41) is 5.32. The molecule has 3 heteroatoms. The van der Waals surface area contributed by atoms with E-state index < -0.39 is 0 Å². The zero-order chi connectivity index (χ0) is 6.97. The van der Waals surface area contributed by atoms with Gasteiger partial charge in [0, 0.05) is 13.1 Å². The lowest BCUT2D eigenvalue weighted by atomic mass is 10.1. The first-order valence-electron chi connectivity index (χ1n) is 3.97. The molecule has 2 heterocycles. The molecule has 2 aliphatic rings. The molecule has 0 saturated carbocycles. The monoisotopic (exact) mass is 142 g/mol. The van der Waals surface area contributed by atoms with Crippen LogP contribution in [0.3, 0.4) is 0 Å². The lowest BCUT2D eigenvalue weighted by Crippen LogP contribution is -2.54. The van der Waals surface area contributed by atoms with Crippen molar-refractivity contribution in [2.24, 2.45) is 0 Å². The van der Waals surface area contributed by atoms with Crippen molar-refractivity contribution in [2.75, 3.05) is 20.1 Å². The molecule has 0 aromatic carbocycles. The molecule has 3 nitrogen and oxygen atoms in total. The van der Waals surface area contributed by atoms with E-state index in [0.29, 0.717) is 12.1 Å². The summed E-state index contributed by atoms with van der Waals surface area (Å²) in [6.45, 7) is 2.27. The van der Waals surface area contributed by atoms with E-state index in [1.165, 1.54) is 19.4 Å². The Hall–Kier alpha value is -0.120. The van der Waals surface area contributed by atoms with Crippen molar-refractivity contribution in [1.82, 2.24) is 10.4 Å². The molecule has 2 unspecified atom stereocenters. The van der Waals surface area contributed by atoms with Crippen molar-refractivity contribution in [2.45, 2.75) is 25.0 Å². The van der Waals surface area contributed by atoms with Crippen LogP contribution in [0.15, 0.2) is 0 Å². The third-order valence-electron chi connectivity index (χ3n) is 2.30. The third kappa shape index (κ3) is 1.05. The number of nitrogens with one attached hydrogen (secondary N) is 1. The Morgan fingerprint density at radius 3 is 2.90 bits per heavy atom. The van der Waals surface area contributed by atoms with E-state index in [0.717, 1.165) is 6.54 Å². The highest BCUT2D eigenvalue weighted by atomic mass is 16.7. The van der Waals surface area contributed by atoms with Gasteiger partial charge in [-0.15, -0.1) is 0 Å². The van der Waals surface area contributed by atoms with Crippen LogP contribution >= 0.6 is 0 Å². The van der Waals surface area contributed by atoms with E-state index in [2.05, 4.69) is 5.32 Å². The largest absolute Gasteiger partial charge is 0.311 e. The van der Waals surface area contributed by atoms with Crippen LogP contribution in [0.25, 0.3) is 0 Å². The van der Waals surface area contributed by atoms with Gasteiger partial charge in [0.25, 0.3) is 0 Å². The molecular formula is C7H14N2O. The molecule has 0 spiro atoms. The van der Waals surface area contributed by atoms with Gasteiger partial charge in [-0.25, -0.2) is 0 Å². The Bertz CT molecular complexity index is 117. The molecule has 58 valence electrons. The molecule has 2 fully saturated rings. The first-order chi connectivity index (χ1) is 4.86. The summed E-state index contributed by atoms with van der Waals surface area (Å²) in [5.74, 6) is 0. The maximum Gasteiger partial charge on any atom is 0.109 e. The molecule has 2 aliphatic heterocycles. The van der Waals surface area contributed by atoms with Crippen LogP contribution in [0.5, 0.6) is 0 Å². The number of hydrogen-bond acceptors (Lipinski definition) is 3. The normalized spacial score (nSPS) is 41.7. The molecule has 0 radical (unpaired) electrons. The minimum absolute atomic E-state index is 0.465. The van der Waals surface area contributed by atoms with Gasteiger partial charge in [0.15, 0.2) is 0 Å². The van der Waals surface area contributed by atoms with Crippen molar-refractivity contribution in [3.8, 4) is 0 Å². The van der Waals surface area contributed by atoms with E-state index in [9.17, 15) is 0 Å². The minimum Gasteiger partial charge on any atom is -0.311 e. The summed E-state index contributed by atoms with van der Waals surface area (Å²) in [6, 6.07) is 0.635. The second-order valence-electron chi connectivity index (χ2n) is 3.16. The predicted octanol–water partition coefficient (Wildman–Crippen LogP) is -0.0160. The van der Waals surface area contributed by atoms with E-state index >= 15 is 0 Å². The zero-order valence-corrected chi connectivity index (χ0v) is 6.34. The lowest BCUT2D eigenvalue weighted by molar-refractivity contribution is -0.288. The lowest BCUT2D eigenvalue weighted by Gasteiger charge is -2.39. The molecule has 0 aromatic heterocycles. The van der Waals surface area contributed by atoms with Crippen molar-refractivity contribution < 1.29 is 4.84 Å². The fraction of sp³-hybridized carbons (Fsp3) is 1.00. The average Bonchev–Trinajstić information content (AvgIpc) is 2.31. The summed E-state index contributed by atoms with van der Waals surface area (Å²) in [7, 11) is 1.98. The quantitative estimate of drug-likeness (QED) is 0.557. The maximum absolute atomic E-state index is 5.39. The fourth-order valence-corrected chi connectivity index (χ4v) is 1.71. The summed E-state index contributed by atoms with van der Waals surface area (Å²) >= 11 is 0. The van der Waals surface area contributed by atoms with Gasteiger partial charge in [-0.1, -0.05) is 0 Å². The van der Waals surface area contributed by atoms with Crippen LogP contribution in [0.2, 0.25) is 0 Å². The maximum atomic E-state index is 5.39. The molecule has 0 amide bonds. The van der Waals surface area contributed by atoms with Gasteiger partial charge in [0.2, 0.25) is 0 Å². The minimum atomic E-state index is 0.465. The van der Waals surface area contributed by atoms with Gasteiger partial charge in [0.05, 0.1) is 6.54 Å². The average molecular weight is 142 g/mol. The van der Waals surface area contributed by atoms with Gasteiger partial charge in [-0.2, -0.15) is 5.06 Å². The molecule has 1 N–H and O–H groups in total. The number of hydroxylamine groups is 2. The topological polar surface area (TPSA) is 24.5 Å². The third-order valence-corrected chi connectivity index (χ3v) is 2.30. The Morgan fingerprint density at radius 2 is 2.40 bits per heavy atom. The fourth-order valence-electron chi connectivity index (χ4n) is 1.71. The number of rotatable bonds is 1. The van der Waals surface area contributed by atoms with Crippen molar-refractivity contribution in [1.29, 1.82) is 0 Å². The van der Waals surface area contributed by atoms with E-state index in [-0.39, 0.29) is 0 Å². The number of likely N-dealkylation sites (N-methyl/N-ethyl adjacent to an activating group) is 1. The highest BCUT2D eigenvalue weighted by molar-refractivity contribution is 4.86. The first kappa shape index (κ1) is 6.58. The van der Waals surface area contributed by atoms with Crippen LogP contribution < -0.4 is 5.32 Å². The smallest absolute Gasteiger partial charge is 0.109 e. The number of nitrogens with zero attached hydrogens (tertiary/aromatic N) is 1. The Labute approximate surface area is 61.3 Å². The first-order valence-corrected chi connectivity index (χ1v) is 3.97. The molecule has 2 atom stereocenters. The van der Waals surface area contributed by atoms with Crippen LogP contribution in [0.4, 0.5) is 0 Å². The van der Waals surface area contributed by atoms with Crippen molar-refractivity contribution in [3.05, 3.63) is 0 Å². The van der Waals surface area contributed by atoms with E-state index in [1.54, 1.807) is 0 Å². The summed E-state index contributed by atoms with van der Waals surface area (Å²) in [5.41, 5.74) is 0. The molecule has 0 aromatic rings. The highest BCUT2D eigenvalue weighted by Gasteiger charge is 2.33. The van der Waals surface area contributed by atoms with E-state index in [1.807, 2.05) is 12.1 Å². The zero-order valence-electron chi connectivity index (χ0n) is 6.34. The van der Waals surface area contributed by atoms with Gasteiger partial charge >= 0.3 is 0 Å². The van der Waals surface area contributed by atoms with Crippen molar-refractivity contribution >= 4 is 0 Å². The van der Waals surface area contributed by atoms with Gasteiger partial charge in [-0.3, -0.25) is 4.84 Å². The highest BCUT2D eigenvalue weighted by Crippen LogP contribution is 2.19. The predicted molar refractivity (Wildman–Crippen MR) is 38.5 cm³/mol. The Kier molecular flexibility index (Phi) is 1.64. The van der Waals surface area contributed by atoms with Gasteiger partial charge < -0.3 is 5.32 Å². The summed E-state index contributed by atoms with van der Waals surface area (Å²) in [6.07, 6.45) is 3.07. The molecule has 10 heavy (non-hydrogen) atoms. The second-order valence-corrected chi connectivity index (χ2v) is 3.16.